The Bertz CT molecular complexity index is 1210. The minimum Gasteiger partial charge on any atom is -0.352 e. The van der Waals surface area contributed by atoms with Crippen LogP contribution in [0.25, 0.3) is 5.82 Å². The van der Waals surface area contributed by atoms with Gasteiger partial charge in [-0.1, -0.05) is 26.0 Å². The van der Waals surface area contributed by atoms with Crippen LogP contribution in [0.3, 0.4) is 0 Å². The summed E-state index contributed by atoms with van der Waals surface area (Å²) in [5.41, 5.74) is 3.74. The molecule has 1 aromatic carbocycles. The maximum atomic E-state index is 13.3. The Morgan fingerprint density at radius 3 is 2.09 bits per heavy atom. The predicted octanol–water partition coefficient (Wildman–Crippen LogP) is 3.22. The van der Waals surface area contributed by atoms with Crippen molar-refractivity contribution in [2.75, 3.05) is 31.1 Å². The third-order valence-corrected chi connectivity index (χ3v) is 7.96. The summed E-state index contributed by atoms with van der Waals surface area (Å²) in [6.07, 6.45) is 0. The van der Waals surface area contributed by atoms with E-state index in [0.29, 0.717) is 36.9 Å². The summed E-state index contributed by atoms with van der Waals surface area (Å²) < 4.78 is 30.0. The van der Waals surface area contributed by atoms with Crippen LogP contribution in [0.5, 0.6) is 0 Å². The van der Waals surface area contributed by atoms with Crippen molar-refractivity contribution >= 4 is 15.8 Å². The molecule has 0 bridgehead atoms. The number of sulfonamides is 1. The largest absolute Gasteiger partial charge is 0.352 e. The fraction of sp³-hybridized carbons (Fsp3) is 0.435. The van der Waals surface area contributed by atoms with Crippen LogP contribution in [0.2, 0.25) is 0 Å². The normalized spacial score (nSPS) is 15.5. The van der Waals surface area contributed by atoms with E-state index < -0.39 is 10.0 Å². The van der Waals surface area contributed by atoms with Crippen LogP contribution in [-0.2, 0) is 10.0 Å². The number of aryl methyl sites for hydroxylation is 3. The molecule has 3 heterocycles. The first-order valence-corrected chi connectivity index (χ1v) is 12.3. The Morgan fingerprint density at radius 1 is 0.875 bits per heavy atom. The van der Waals surface area contributed by atoms with Crippen molar-refractivity contribution in [2.45, 2.75) is 45.4 Å². The number of benzene rings is 1. The van der Waals surface area contributed by atoms with Crippen molar-refractivity contribution in [1.29, 1.82) is 0 Å². The molecule has 8 nitrogen and oxygen atoms in total. The Balaban J connectivity index is 1.47. The van der Waals surface area contributed by atoms with E-state index in [4.69, 9.17) is 0 Å². The van der Waals surface area contributed by atoms with Crippen molar-refractivity contribution < 1.29 is 8.42 Å². The van der Waals surface area contributed by atoms with Gasteiger partial charge in [-0.25, -0.2) is 13.1 Å². The molecule has 3 aromatic rings. The molecule has 0 spiro atoms. The molecule has 0 amide bonds. The zero-order valence-electron chi connectivity index (χ0n) is 19.3. The number of hydrogen-bond acceptors (Lipinski definition) is 6. The van der Waals surface area contributed by atoms with Crippen molar-refractivity contribution in [3.05, 3.63) is 58.9 Å². The van der Waals surface area contributed by atoms with Crippen LogP contribution in [-0.4, -0.2) is 58.9 Å². The smallest absolute Gasteiger partial charge is 0.243 e. The predicted molar refractivity (Wildman–Crippen MR) is 125 cm³/mol. The van der Waals surface area contributed by atoms with Crippen molar-refractivity contribution in [3.8, 4) is 5.82 Å². The first-order valence-electron chi connectivity index (χ1n) is 10.9. The van der Waals surface area contributed by atoms with E-state index in [-0.39, 0.29) is 5.92 Å². The minimum absolute atomic E-state index is 0.275. The Kier molecular flexibility index (Phi) is 6.05. The van der Waals surface area contributed by atoms with Gasteiger partial charge >= 0.3 is 0 Å². The van der Waals surface area contributed by atoms with Gasteiger partial charge in [0, 0.05) is 31.9 Å². The summed E-state index contributed by atoms with van der Waals surface area (Å²) in [4.78, 5) is 2.48. The molecule has 1 aliphatic rings. The number of piperazine rings is 1. The summed E-state index contributed by atoms with van der Waals surface area (Å²) in [7, 11) is -3.54. The first-order chi connectivity index (χ1) is 15.2. The van der Waals surface area contributed by atoms with Gasteiger partial charge in [-0.05, 0) is 62.1 Å². The van der Waals surface area contributed by atoms with Crippen molar-refractivity contribution in [1.82, 2.24) is 24.3 Å². The number of nitrogens with zero attached hydrogens (tertiary/aromatic N) is 6. The van der Waals surface area contributed by atoms with Gasteiger partial charge in [0.2, 0.25) is 10.0 Å². The van der Waals surface area contributed by atoms with Crippen LogP contribution in [0.4, 0.5) is 5.82 Å². The van der Waals surface area contributed by atoms with E-state index in [1.165, 1.54) is 0 Å². The number of rotatable bonds is 5. The van der Waals surface area contributed by atoms with Crippen LogP contribution >= 0.6 is 0 Å². The van der Waals surface area contributed by atoms with Gasteiger partial charge in [0.05, 0.1) is 10.6 Å². The highest BCUT2D eigenvalue weighted by Crippen LogP contribution is 2.26. The lowest BCUT2D eigenvalue weighted by atomic mass is 10.0. The summed E-state index contributed by atoms with van der Waals surface area (Å²) in [5.74, 6) is 1.68. The zero-order chi connectivity index (χ0) is 23.0. The third kappa shape index (κ3) is 4.27. The molecule has 0 unspecified atom stereocenters. The molecular formula is C23H30N6O2S. The Labute approximate surface area is 189 Å². The summed E-state index contributed by atoms with van der Waals surface area (Å²) >= 11 is 0. The minimum atomic E-state index is -3.54. The number of aromatic nitrogens is 4. The summed E-state index contributed by atoms with van der Waals surface area (Å²) in [6, 6.07) is 11.5. The molecule has 170 valence electrons. The van der Waals surface area contributed by atoms with Crippen LogP contribution in [0.1, 0.15) is 42.3 Å². The lowest BCUT2D eigenvalue weighted by Gasteiger charge is -2.34. The summed E-state index contributed by atoms with van der Waals surface area (Å²) in [5, 5.41) is 13.1. The molecule has 0 N–H and O–H groups in total. The van der Waals surface area contributed by atoms with E-state index in [0.717, 1.165) is 28.3 Å². The number of hydrogen-bond donors (Lipinski definition) is 0. The second-order valence-electron chi connectivity index (χ2n) is 8.66. The van der Waals surface area contributed by atoms with Crippen LogP contribution in [0.15, 0.2) is 41.3 Å². The molecule has 1 fully saturated rings. The quantitative estimate of drug-likeness (QED) is 0.589. The van der Waals surface area contributed by atoms with Gasteiger partial charge in [-0.3, -0.25) is 0 Å². The fourth-order valence-corrected chi connectivity index (χ4v) is 5.69. The topological polar surface area (TPSA) is 84.2 Å². The van der Waals surface area contributed by atoms with Gasteiger partial charge < -0.3 is 4.90 Å². The van der Waals surface area contributed by atoms with Gasteiger partial charge in [-0.15, -0.1) is 10.2 Å². The average Bonchev–Trinajstić information content (AvgIpc) is 3.12. The molecule has 4 rings (SSSR count). The molecule has 9 heteroatoms. The van der Waals surface area contributed by atoms with E-state index in [9.17, 15) is 8.42 Å². The lowest BCUT2D eigenvalue weighted by molar-refractivity contribution is 0.383. The van der Waals surface area contributed by atoms with Crippen molar-refractivity contribution in [2.24, 2.45) is 0 Å². The highest BCUT2D eigenvalue weighted by atomic mass is 32.2. The molecule has 0 aliphatic carbocycles. The van der Waals surface area contributed by atoms with Crippen molar-refractivity contribution in [3.63, 3.8) is 0 Å². The first kappa shape index (κ1) is 22.4. The third-order valence-electron chi connectivity index (χ3n) is 5.92. The second kappa shape index (κ2) is 8.63. The maximum Gasteiger partial charge on any atom is 0.243 e. The lowest BCUT2D eigenvalue weighted by Crippen LogP contribution is -2.49. The standard InChI is InChI=1S/C23H30N6O2S/c1-16(2)20-7-6-17(3)21(15-20)32(30,31)28-12-10-27(11-13-28)22-8-9-23(25-24-22)29-19(5)14-18(4)26-29/h6-9,14-16H,10-13H2,1-5H3. The molecular weight excluding hydrogens is 424 g/mol. The van der Waals surface area contributed by atoms with Crippen LogP contribution < -0.4 is 4.90 Å². The van der Waals surface area contributed by atoms with E-state index in [1.54, 1.807) is 8.99 Å². The fourth-order valence-electron chi connectivity index (χ4n) is 4.01. The van der Waals surface area contributed by atoms with Gasteiger partial charge in [-0.2, -0.15) is 9.40 Å². The Morgan fingerprint density at radius 2 is 1.53 bits per heavy atom. The average molecular weight is 455 g/mol. The molecule has 1 saturated heterocycles. The maximum absolute atomic E-state index is 13.3. The van der Waals surface area contributed by atoms with Gasteiger partial charge in [0.15, 0.2) is 11.6 Å². The highest BCUT2D eigenvalue weighted by Gasteiger charge is 2.30. The number of anilines is 1. The molecule has 0 atom stereocenters. The van der Waals surface area contributed by atoms with E-state index >= 15 is 0 Å². The molecule has 1 aliphatic heterocycles. The molecule has 0 radical (unpaired) electrons. The molecule has 2 aromatic heterocycles. The molecule has 0 saturated carbocycles. The van der Waals surface area contributed by atoms with Gasteiger partial charge in [0.25, 0.3) is 0 Å². The monoisotopic (exact) mass is 454 g/mol. The zero-order valence-corrected chi connectivity index (χ0v) is 20.1. The van der Waals surface area contributed by atoms with E-state index in [2.05, 4.69) is 34.0 Å². The van der Waals surface area contributed by atoms with Gasteiger partial charge in [0.1, 0.15) is 0 Å². The Hall–Kier alpha value is -2.78. The SMILES string of the molecule is Cc1cc(C)n(-c2ccc(N3CCN(S(=O)(=O)c4cc(C(C)C)ccc4C)CC3)nn2)n1. The second-order valence-corrected chi connectivity index (χ2v) is 10.6. The highest BCUT2D eigenvalue weighted by molar-refractivity contribution is 7.89. The molecule has 32 heavy (non-hydrogen) atoms. The summed E-state index contributed by atoms with van der Waals surface area (Å²) in [6.45, 7) is 11.9. The van der Waals surface area contributed by atoms with Crippen LogP contribution in [0, 0.1) is 20.8 Å². The van der Waals surface area contributed by atoms with E-state index in [1.807, 2.05) is 57.2 Å².